The maximum absolute atomic E-state index is 12.1. The molecule has 0 radical (unpaired) electrons. The molecular formula is C13H15N5O. The molecule has 0 amide bonds. The summed E-state index contributed by atoms with van der Waals surface area (Å²) in [7, 11) is 0. The molecule has 6 heteroatoms. The second kappa shape index (κ2) is 5.48. The lowest BCUT2D eigenvalue weighted by Crippen LogP contribution is -2.26. The van der Waals surface area contributed by atoms with Crippen LogP contribution < -0.4 is 5.56 Å². The quantitative estimate of drug-likeness (QED) is 0.821. The number of aromatic nitrogens is 4. The van der Waals surface area contributed by atoms with Crippen molar-refractivity contribution in [3.05, 3.63) is 45.9 Å². The van der Waals surface area contributed by atoms with Crippen LogP contribution in [0.3, 0.4) is 0 Å². The van der Waals surface area contributed by atoms with E-state index in [-0.39, 0.29) is 11.1 Å². The lowest BCUT2D eigenvalue weighted by Gasteiger charge is -2.10. The second-order valence-electron chi connectivity index (χ2n) is 4.29. The van der Waals surface area contributed by atoms with Crippen molar-refractivity contribution in [2.45, 2.75) is 33.4 Å². The fraction of sp³-hybridized carbons (Fsp3) is 0.385. The van der Waals surface area contributed by atoms with Crippen molar-refractivity contribution >= 4 is 0 Å². The summed E-state index contributed by atoms with van der Waals surface area (Å²) in [5.74, 6) is 0.724. The predicted molar refractivity (Wildman–Crippen MR) is 69.6 cm³/mol. The maximum Gasteiger partial charge on any atom is 0.269 e. The molecule has 0 aliphatic carbocycles. The van der Waals surface area contributed by atoms with Crippen molar-refractivity contribution in [1.29, 1.82) is 5.26 Å². The molecule has 19 heavy (non-hydrogen) atoms. The van der Waals surface area contributed by atoms with Crippen LogP contribution in [0.2, 0.25) is 0 Å². The number of hydrogen-bond donors (Lipinski definition) is 0. The van der Waals surface area contributed by atoms with Gasteiger partial charge in [-0.05, 0) is 25.5 Å². The summed E-state index contributed by atoms with van der Waals surface area (Å²) in [4.78, 5) is 16.3. The summed E-state index contributed by atoms with van der Waals surface area (Å²) in [6.45, 7) is 4.99. The molecule has 0 fully saturated rings. The van der Waals surface area contributed by atoms with Gasteiger partial charge in [0.15, 0.2) is 0 Å². The molecule has 0 aliphatic heterocycles. The Kier molecular flexibility index (Phi) is 3.76. The Hall–Kier alpha value is -2.42. The monoisotopic (exact) mass is 257 g/mol. The number of hydrogen-bond acceptors (Lipinski definition) is 4. The van der Waals surface area contributed by atoms with E-state index in [1.54, 1.807) is 21.4 Å². The maximum atomic E-state index is 12.1. The molecule has 98 valence electrons. The third-order valence-corrected chi connectivity index (χ3v) is 2.94. The van der Waals surface area contributed by atoms with Gasteiger partial charge in [-0.3, -0.25) is 4.79 Å². The highest BCUT2D eigenvalue weighted by Crippen LogP contribution is 2.03. The van der Waals surface area contributed by atoms with Gasteiger partial charge in [0, 0.05) is 12.2 Å². The van der Waals surface area contributed by atoms with Gasteiger partial charge in [0.1, 0.15) is 23.8 Å². The zero-order valence-corrected chi connectivity index (χ0v) is 11.0. The van der Waals surface area contributed by atoms with Crippen molar-refractivity contribution in [3.63, 3.8) is 0 Å². The Labute approximate surface area is 110 Å². The van der Waals surface area contributed by atoms with E-state index < -0.39 is 0 Å². The van der Waals surface area contributed by atoms with Gasteiger partial charge in [-0.15, -0.1) is 0 Å². The summed E-state index contributed by atoms with van der Waals surface area (Å²) in [6, 6.07) is 5.22. The highest BCUT2D eigenvalue weighted by Gasteiger charge is 2.10. The van der Waals surface area contributed by atoms with Crippen LogP contribution in [0.1, 0.15) is 30.4 Å². The molecule has 2 heterocycles. The minimum absolute atomic E-state index is 0.146. The van der Waals surface area contributed by atoms with E-state index in [4.69, 9.17) is 5.26 Å². The van der Waals surface area contributed by atoms with Crippen molar-refractivity contribution in [1.82, 2.24) is 19.3 Å². The zero-order valence-electron chi connectivity index (χ0n) is 11.0. The van der Waals surface area contributed by atoms with Crippen molar-refractivity contribution in [3.8, 4) is 6.07 Å². The van der Waals surface area contributed by atoms with Crippen molar-refractivity contribution in [2.24, 2.45) is 0 Å². The molecule has 2 aromatic heterocycles. The van der Waals surface area contributed by atoms with E-state index in [9.17, 15) is 4.79 Å². The fourth-order valence-corrected chi connectivity index (χ4v) is 1.90. The molecule has 0 saturated heterocycles. The third-order valence-electron chi connectivity index (χ3n) is 2.94. The van der Waals surface area contributed by atoms with E-state index in [0.29, 0.717) is 6.54 Å². The summed E-state index contributed by atoms with van der Waals surface area (Å²) in [6.07, 6.45) is 2.43. The number of nitrogens with zero attached hydrogens (tertiary/aromatic N) is 5. The summed E-state index contributed by atoms with van der Waals surface area (Å²) in [5, 5.41) is 13.0. The Bertz CT molecular complexity index is 677. The van der Waals surface area contributed by atoms with Gasteiger partial charge >= 0.3 is 0 Å². The van der Waals surface area contributed by atoms with Crippen LogP contribution in [0, 0.1) is 18.3 Å². The Balaban J connectivity index is 2.41. The van der Waals surface area contributed by atoms with Crippen LogP contribution in [0.5, 0.6) is 0 Å². The first kappa shape index (κ1) is 13.0. The predicted octanol–water partition coefficient (Wildman–Crippen LogP) is 1.08. The smallest absolute Gasteiger partial charge is 0.269 e. The molecule has 0 N–H and O–H groups in total. The van der Waals surface area contributed by atoms with E-state index in [2.05, 4.69) is 17.0 Å². The average Bonchev–Trinajstić information content (AvgIpc) is 2.82. The zero-order chi connectivity index (χ0) is 13.8. The summed E-state index contributed by atoms with van der Waals surface area (Å²) >= 11 is 0. The van der Waals surface area contributed by atoms with Crippen molar-refractivity contribution < 1.29 is 0 Å². The van der Waals surface area contributed by atoms with E-state index >= 15 is 0 Å². The first-order valence-corrected chi connectivity index (χ1v) is 6.14. The molecule has 0 unspecified atom stereocenters. The van der Waals surface area contributed by atoms with Gasteiger partial charge in [0.2, 0.25) is 0 Å². The Morgan fingerprint density at radius 1 is 1.42 bits per heavy atom. The molecular weight excluding hydrogens is 242 g/mol. The van der Waals surface area contributed by atoms with Crippen LogP contribution in [0.25, 0.3) is 0 Å². The van der Waals surface area contributed by atoms with Gasteiger partial charge in [-0.2, -0.15) is 10.4 Å². The van der Waals surface area contributed by atoms with Crippen LogP contribution >= 0.6 is 0 Å². The standard InChI is InChI=1S/C13H15N5O/c1-3-6-18-12(15-9-16-18)8-17-10(2)4-5-11(7-14)13(17)19/h4-5,9H,3,6,8H2,1-2H3. The molecule has 0 aliphatic rings. The van der Waals surface area contributed by atoms with E-state index in [1.165, 1.54) is 6.33 Å². The number of nitriles is 1. The van der Waals surface area contributed by atoms with Gasteiger partial charge in [-0.25, -0.2) is 9.67 Å². The van der Waals surface area contributed by atoms with Crippen LogP contribution in [0.15, 0.2) is 23.3 Å². The number of rotatable bonds is 4. The molecule has 2 aromatic rings. The minimum atomic E-state index is -0.284. The SMILES string of the molecule is CCCn1ncnc1Cn1c(C)ccc(C#N)c1=O. The second-order valence-corrected chi connectivity index (χ2v) is 4.29. The Morgan fingerprint density at radius 3 is 2.89 bits per heavy atom. The topological polar surface area (TPSA) is 76.5 Å². The van der Waals surface area contributed by atoms with Crippen LogP contribution in [-0.2, 0) is 13.1 Å². The van der Waals surface area contributed by atoms with E-state index in [0.717, 1.165) is 24.5 Å². The number of aryl methyl sites for hydroxylation is 2. The van der Waals surface area contributed by atoms with Crippen LogP contribution in [0.4, 0.5) is 0 Å². The average molecular weight is 257 g/mol. The largest absolute Gasteiger partial charge is 0.304 e. The minimum Gasteiger partial charge on any atom is -0.304 e. The van der Waals surface area contributed by atoms with E-state index in [1.807, 2.05) is 13.0 Å². The molecule has 0 atom stereocenters. The fourth-order valence-electron chi connectivity index (χ4n) is 1.90. The molecule has 2 rings (SSSR count). The number of pyridine rings is 1. The Morgan fingerprint density at radius 2 is 2.21 bits per heavy atom. The van der Waals surface area contributed by atoms with Crippen LogP contribution in [-0.4, -0.2) is 19.3 Å². The molecule has 6 nitrogen and oxygen atoms in total. The van der Waals surface area contributed by atoms with Gasteiger partial charge in [0.25, 0.3) is 5.56 Å². The highest BCUT2D eigenvalue weighted by molar-refractivity contribution is 5.27. The summed E-state index contributed by atoms with van der Waals surface area (Å²) < 4.78 is 3.33. The molecule has 0 bridgehead atoms. The molecule has 0 aromatic carbocycles. The molecule has 0 spiro atoms. The normalized spacial score (nSPS) is 10.4. The van der Waals surface area contributed by atoms with Crippen molar-refractivity contribution in [2.75, 3.05) is 0 Å². The summed E-state index contributed by atoms with van der Waals surface area (Å²) in [5.41, 5.74) is 0.663. The lowest BCUT2D eigenvalue weighted by molar-refractivity contribution is 0.547. The van der Waals surface area contributed by atoms with Gasteiger partial charge in [-0.1, -0.05) is 6.92 Å². The first-order valence-electron chi connectivity index (χ1n) is 6.14. The lowest BCUT2D eigenvalue weighted by atomic mass is 10.2. The molecule has 0 saturated carbocycles. The highest BCUT2D eigenvalue weighted by atomic mass is 16.1. The first-order chi connectivity index (χ1) is 9.17. The van der Waals surface area contributed by atoms with Gasteiger partial charge < -0.3 is 4.57 Å². The van der Waals surface area contributed by atoms with Gasteiger partial charge in [0.05, 0.1) is 6.54 Å². The third kappa shape index (κ3) is 2.55.